The molecule has 0 saturated carbocycles. The molecule has 1 saturated heterocycles. The first-order valence-electron chi connectivity index (χ1n) is 6.00. The van der Waals surface area contributed by atoms with E-state index < -0.39 is 0 Å². The van der Waals surface area contributed by atoms with Crippen LogP contribution in [0.5, 0.6) is 0 Å². The second kappa shape index (κ2) is 4.12. The Morgan fingerprint density at radius 2 is 2.41 bits per heavy atom. The number of aliphatic hydroxyl groups is 1. The molecule has 0 aromatic carbocycles. The van der Waals surface area contributed by atoms with Crippen molar-refractivity contribution < 1.29 is 9.90 Å². The maximum Gasteiger partial charge on any atom is 0.274 e. The van der Waals surface area contributed by atoms with Crippen molar-refractivity contribution in [2.45, 2.75) is 25.5 Å². The summed E-state index contributed by atoms with van der Waals surface area (Å²) in [5.41, 5.74) is 2.57. The lowest BCUT2D eigenvalue weighted by molar-refractivity contribution is 0.0758. The van der Waals surface area contributed by atoms with Crippen LogP contribution in [0.15, 0.2) is 0 Å². The summed E-state index contributed by atoms with van der Waals surface area (Å²) in [6, 6.07) is 0. The lowest BCUT2D eigenvalue weighted by Gasteiger charge is -2.17. The average molecular weight is 236 g/mol. The van der Waals surface area contributed by atoms with Crippen LogP contribution in [0, 0.1) is 0 Å². The fraction of sp³-hybridized carbons (Fsp3) is 0.636. The van der Waals surface area contributed by atoms with Gasteiger partial charge in [-0.3, -0.25) is 9.89 Å². The molecule has 0 radical (unpaired) electrons. The molecule has 2 aliphatic heterocycles. The molecule has 3 rings (SSSR count). The predicted molar refractivity (Wildman–Crippen MR) is 60.5 cm³/mol. The number of hydrogen-bond donors (Lipinski definition) is 3. The highest BCUT2D eigenvalue weighted by Gasteiger charge is 2.29. The molecule has 1 fully saturated rings. The highest BCUT2D eigenvalue weighted by molar-refractivity contribution is 5.94. The highest BCUT2D eigenvalue weighted by atomic mass is 16.3. The summed E-state index contributed by atoms with van der Waals surface area (Å²) >= 11 is 0. The largest absolute Gasteiger partial charge is 0.391 e. The fourth-order valence-corrected chi connectivity index (χ4v) is 2.48. The van der Waals surface area contributed by atoms with Gasteiger partial charge in [-0.05, 0) is 6.42 Å². The molecular weight excluding hydrogens is 220 g/mol. The minimum absolute atomic E-state index is 0.0669. The SMILES string of the molecule is O=C(c1n[nH]c2c1CNCC2)N1CCC(O)C1. The Labute approximate surface area is 99.0 Å². The molecule has 1 amide bonds. The number of H-pyrrole nitrogens is 1. The first-order chi connectivity index (χ1) is 8.25. The zero-order valence-electron chi connectivity index (χ0n) is 9.57. The van der Waals surface area contributed by atoms with Gasteiger partial charge in [0.05, 0.1) is 6.10 Å². The van der Waals surface area contributed by atoms with Crippen LogP contribution in [-0.2, 0) is 13.0 Å². The van der Waals surface area contributed by atoms with Crippen LogP contribution in [0.4, 0.5) is 0 Å². The second-order valence-corrected chi connectivity index (χ2v) is 4.65. The van der Waals surface area contributed by atoms with E-state index in [0.717, 1.165) is 24.2 Å². The number of fused-ring (bicyclic) bond motifs is 1. The molecule has 3 heterocycles. The number of nitrogens with one attached hydrogen (secondary N) is 2. The Kier molecular flexibility index (Phi) is 2.60. The van der Waals surface area contributed by atoms with E-state index in [0.29, 0.717) is 31.7 Å². The number of aliphatic hydroxyl groups excluding tert-OH is 1. The lowest BCUT2D eigenvalue weighted by Crippen LogP contribution is -2.32. The molecule has 3 N–H and O–H groups in total. The maximum absolute atomic E-state index is 12.2. The maximum atomic E-state index is 12.2. The van der Waals surface area contributed by atoms with Gasteiger partial charge in [-0.15, -0.1) is 0 Å². The third kappa shape index (κ3) is 1.83. The van der Waals surface area contributed by atoms with Crippen LogP contribution in [0.1, 0.15) is 28.2 Å². The molecular formula is C11H16N4O2. The zero-order chi connectivity index (χ0) is 11.8. The summed E-state index contributed by atoms with van der Waals surface area (Å²) in [7, 11) is 0. The molecule has 1 atom stereocenters. The van der Waals surface area contributed by atoms with E-state index in [2.05, 4.69) is 15.5 Å². The monoisotopic (exact) mass is 236 g/mol. The Hall–Kier alpha value is -1.40. The van der Waals surface area contributed by atoms with Crippen LogP contribution in [0.25, 0.3) is 0 Å². The van der Waals surface area contributed by atoms with E-state index in [9.17, 15) is 9.90 Å². The smallest absolute Gasteiger partial charge is 0.274 e. The Bertz CT molecular complexity index is 443. The summed E-state index contributed by atoms with van der Waals surface area (Å²) < 4.78 is 0. The summed E-state index contributed by atoms with van der Waals surface area (Å²) in [5.74, 6) is -0.0669. The molecule has 0 aliphatic carbocycles. The number of nitrogens with zero attached hydrogens (tertiary/aromatic N) is 2. The van der Waals surface area contributed by atoms with Gasteiger partial charge in [0.2, 0.25) is 0 Å². The minimum atomic E-state index is -0.383. The molecule has 0 bridgehead atoms. The molecule has 1 aromatic heterocycles. The van der Waals surface area contributed by atoms with E-state index in [1.54, 1.807) is 4.90 Å². The van der Waals surface area contributed by atoms with E-state index in [-0.39, 0.29) is 12.0 Å². The molecule has 1 unspecified atom stereocenters. The molecule has 6 heteroatoms. The van der Waals surface area contributed by atoms with Crippen LogP contribution < -0.4 is 5.32 Å². The highest BCUT2D eigenvalue weighted by Crippen LogP contribution is 2.19. The van der Waals surface area contributed by atoms with E-state index in [1.165, 1.54) is 0 Å². The molecule has 6 nitrogen and oxygen atoms in total. The van der Waals surface area contributed by atoms with Crippen molar-refractivity contribution >= 4 is 5.91 Å². The summed E-state index contributed by atoms with van der Waals surface area (Å²) in [5, 5.41) is 19.8. The third-order valence-electron chi connectivity index (χ3n) is 3.46. The number of hydrogen-bond acceptors (Lipinski definition) is 4. The summed E-state index contributed by atoms with van der Waals surface area (Å²) in [4.78, 5) is 13.9. The number of aromatic amines is 1. The van der Waals surface area contributed by atoms with Gasteiger partial charge in [0.25, 0.3) is 5.91 Å². The molecule has 0 spiro atoms. The predicted octanol–water partition coefficient (Wildman–Crippen LogP) is -0.738. The van der Waals surface area contributed by atoms with Gasteiger partial charge in [0.1, 0.15) is 0 Å². The number of carbonyl (C=O) groups is 1. The van der Waals surface area contributed by atoms with E-state index in [4.69, 9.17) is 0 Å². The topological polar surface area (TPSA) is 81.2 Å². The van der Waals surface area contributed by atoms with Crippen LogP contribution in [0.3, 0.4) is 0 Å². The van der Waals surface area contributed by atoms with Crippen molar-refractivity contribution in [1.29, 1.82) is 0 Å². The van der Waals surface area contributed by atoms with Crippen molar-refractivity contribution in [2.24, 2.45) is 0 Å². The van der Waals surface area contributed by atoms with Crippen molar-refractivity contribution in [3.8, 4) is 0 Å². The molecule has 92 valence electrons. The number of likely N-dealkylation sites (tertiary alicyclic amines) is 1. The van der Waals surface area contributed by atoms with Gasteiger partial charge < -0.3 is 15.3 Å². The number of amides is 1. The van der Waals surface area contributed by atoms with Crippen LogP contribution in [0.2, 0.25) is 0 Å². The number of β-amino-alcohol motifs (C(OH)–C–C–N with tert-alkyl or cyclic N) is 1. The average Bonchev–Trinajstić information content (AvgIpc) is 2.94. The van der Waals surface area contributed by atoms with Crippen molar-refractivity contribution in [1.82, 2.24) is 20.4 Å². The van der Waals surface area contributed by atoms with Crippen molar-refractivity contribution in [3.63, 3.8) is 0 Å². The lowest BCUT2D eigenvalue weighted by atomic mass is 10.1. The zero-order valence-corrected chi connectivity index (χ0v) is 9.57. The van der Waals surface area contributed by atoms with Gasteiger partial charge in [0.15, 0.2) is 5.69 Å². The van der Waals surface area contributed by atoms with E-state index >= 15 is 0 Å². The van der Waals surface area contributed by atoms with Gasteiger partial charge in [-0.25, -0.2) is 0 Å². The van der Waals surface area contributed by atoms with Gasteiger partial charge in [0, 0.05) is 43.9 Å². The summed E-state index contributed by atoms with van der Waals surface area (Å²) in [6.45, 7) is 2.66. The first-order valence-corrected chi connectivity index (χ1v) is 6.00. The third-order valence-corrected chi connectivity index (χ3v) is 3.46. The number of carbonyl (C=O) groups excluding carboxylic acids is 1. The number of rotatable bonds is 1. The van der Waals surface area contributed by atoms with Crippen molar-refractivity contribution in [3.05, 3.63) is 17.0 Å². The molecule has 1 aromatic rings. The Morgan fingerprint density at radius 1 is 1.53 bits per heavy atom. The quantitative estimate of drug-likeness (QED) is 0.600. The fourth-order valence-electron chi connectivity index (χ4n) is 2.48. The van der Waals surface area contributed by atoms with Crippen LogP contribution in [-0.4, -0.2) is 51.8 Å². The molecule has 2 aliphatic rings. The van der Waals surface area contributed by atoms with Gasteiger partial charge >= 0.3 is 0 Å². The van der Waals surface area contributed by atoms with Gasteiger partial charge in [-0.2, -0.15) is 5.10 Å². The minimum Gasteiger partial charge on any atom is -0.391 e. The normalized spacial score (nSPS) is 23.8. The Balaban J connectivity index is 1.84. The first kappa shape index (κ1) is 10.7. The molecule has 17 heavy (non-hydrogen) atoms. The van der Waals surface area contributed by atoms with Crippen molar-refractivity contribution in [2.75, 3.05) is 19.6 Å². The van der Waals surface area contributed by atoms with Gasteiger partial charge in [-0.1, -0.05) is 0 Å². The second-order valence-electron chi connectivity index (χ2n) is 4.65. The number of aromatic nitrogens is 2. The van der Waals surface area contributed by atoms with Crippen LogP contribution >= 0.6 is 0 Å². The standard InChI is InChI=1S/C11H16N4O2/c16-7-2-4-15(6-7)11(17)10-8-5-12-3-1-9(8)13-14-10/h7,12,16H,1-6H2,(H,13,14). The summed E-state index contributed by atoms with van der Waals surface area (Å²) in [6.07, 6.45) is 1.17. The van der Waals surface area contributed by atoms with E-state index in [1.807, 2.05) is 0 Å². The Morgan fingerprint density at radius 3 is 3.18 bits per heavy atom.